The summed E-state index contributed by atoms with van der Waals surface area (Å²) >= 11 is 0. The lowest BCUT2D eigenvalue weighted by molar-refractivity contribution is -0.121. The van der Waals surface area contributed by atoms with Gasteiger partial charge in [-0.05, 0) is 30.9 Å². The van der Waals surface area contributed by atoms with Gasteiger partial charge in [0.05, 0.1) is 12.0 Å². The van der Waals surface area contributed by atoms with E-state index in [0.29, 0.717) is 36.0 Å². The Kier molecular flexibility index (Phi) is 5.35. The van der Waals surface area contributed by atoms with Gasteiger partial charge in [-0.2, -0.15) is 0 Å². The Morgan fingerprint density at radius 2 is 2.36 bits per heavy atom. The van der Waals surface area contributed by atoms with Crippen molar-refractivity contribution in [3.8, 4) is 0 Å². The van der Waals surface area contributed by atoms with E-state index in [4.69, 9.17) is 15.6 Å². The first-order valence-corrected chi connectivity index (χ1v) is 8.37. The summed E-state index contributed by atoms with van der Waals surface area (Å²) in [5.41, 5.74) is 10.1. The van der Waals surface area contributed by atoms with Crippen molar-refractivity contribution in [2.45, 2.75) is 12.8 Å². The summed E-state index contributed by atoms with van der Waals surface area (Å²) in [4.78, 5) is 12.1. The number of nitrogens with two attached hydrogens (primary N) is 1. The average molecular weight is 341 g/mol. The van der Waals surface area contributed by atoms with Crippen molar-refractivity contribution in [1.82, 2.24) is 15.8 Å². The molecule has 5 N–H and O–H groups in total. The van der Waals surface area contributed by atoms with Gasteiger partial charge >= 0.3 is 0 Å². The van der Waals surface area contributed by atoms with Crippen molar-refractivity contribution in [2.24, 2.45) is 11.7 Å². The standard InChI is InChI=1S/C18H23N5O2/c19-17(15-7-4-10-25-15)14-11-22-23(18(14)20)12-16(24)21-9-8-13-5-2-1-3-6-13/h1-5,7,10,13,20,22H,6,8-9,11-12,19H2,(H,21,24). The molecule has 1 unspecified atom stereocenters. The number of hydrogen-bond donors (Lipinski definition) is 4. The molecule has 1 amide bonds. The number of amides is 1. The SMILES string of the molecule is N=C1C(=C(N)c2ccco2)CNN1CC(=O)NCCC1C=CC=CC1. The maximum atomic E-state index is 12.1. The first-order chi connectivity index (χ1) is 12.1. The number of nitrogens with zero attached hydrogens (tertiary/aromatic N) is 1. The van der Waals surface area contributed by atoms with E-state index in [1.165, 1.54) is 11.3 Å². The fourth-order valence-electron chi connectivity index (χ4n) is 2.88. The van der Waals surface area contributed by atoms with Crippen molar-refractivity contribution in [1.29, 1.82) is 5.41 Å². The van der Waals surface area contributed by atoms with E-state index in [1.54, 1.807) is 12.1 Å². The number of hydrogen-bond acceptors (Lipinski definition) is 5. The largest absolute Gasteiger partial charge is 0.463 e. The number of furan rings is 1. The third-order valence-electron chi connectivity index (χ3n) is 4.32. The van der Waals surface area contributed by atoms with Gasteiger partial charge in [-0.15, -0.1) is 0 Å². The fourth-order valence-corrected chi connectivity index (χ4v) is 2.88. The van der Waals surface area contributed by atoms with Crippen molar-refractivity contribution in [3.05, 3.63) is 54.0 Å². The van der Waals surface area contributed by atoms with Crippen LogP contribution in [0.3, 0.4) is 0 Å². The third kappa shape index (κ3) is 4.19. The minimum atomic E-state index is -0.120. The van der Waals surface area contributed by atoms with Gasteiger partial charge < -0.3 is 15.5 Å². The third-order valence-corrected chi connectivity index (χ3v) is 4.32. The topological polar surface area (TPSA) is 107 Å². The van der Waals surface area contributed by atoms with Gasteiger partial charge in [0, 0.05) is 18.7 Å². The zero-order valence-corrected chi connectivity index (χ0v) is 14.0. The number of nitrogens with one attached hydrogen (secondary N) is 3. The predicted octanol–water partition coefficient (Wildman–Crippen LogP) is 1.39. The molecule has 0 bridgehead atoms. The van der Waals surface area contributed by atoms with Crippen molar-refractivity contribution in [2.75, 3.05) is 19.6 Å². The average Bonchev–Trinajstić information content (AvgIpc) is 3.27. The number of amidine groups is 1. The molecule has 2 aliphatic rings. The molecule has 0 aromatic carbocycles. The van der Waals surface area contributed by atoms with Crippen LogP contribution in [0.25, 0.3) is 5.70 Å². The molecule has 1 fully saturated rings. The molecular weight excluding hydrogens is 318 g/mol. The molecule has 0 spiro atoms. The monoisotopic (exact) mass is 341 g/mol. The molecule has 1 aliphatic heterocycles. The maximum absolute atomic E-state index is 12.1. The molecule has 25 heavy (non-hydrogen) atoms. The lowest BCUT2D eigenvalue weighted by Gasteiger charge is -2.18. The molecule has 3 rings (SSSR count). The van der Waals surface area contributed by atoms with Gasteiger partial charge in [-0.25, -0.2) is 5.43 Å². The Labute approximate surface area is 146 Å². The number of carbonyl (C=O) groups excluding carboxylic acids is 1. The second-order valence-electron chi connectivity index (χ2n) is 6.09. The Balaban J connectivity index is 1.47. The molecule has 1 saturated heterocycles. The first kappa shape index (κ1) is 17.0. The zero-order valence-electron chi connectivity index (χ0n) is 14.0. The highest BCUT2D eigenvalue weighted by atomic mass is 16.3. The normalized spacial score (nSPS) is 21.7. The summed E-state index contributed by atoms with van der Waals surface area (Å²) in [5.74, 6) is 1.09. The lowest BCUT2D eigenvalue weighted by Crippen LogP contribution is -2.43. The maximum Gasteiger partial charge on any atom is 0.241 e. The van der Waals surface area contributed by atoms with Crippen LogP contribution >= 0.6 is 0 Å². The van der Waals surface area contributed by atoms with Crippen LogP contribution < -0.4 is 16.5 Å². The summed E-state index contributed by atoms with van der Waals surface area (Å²) in [6.07, 6.45) is 11.9. The van der Waals surface area contributed by atoms with Crippen LogP contribution in [0.15, 0.2) is 52.7 Å². The molecule has 1 aromatic heterocycles. The minimum Gasteiger partial charge on any atom is -0.463 e. The zero-order chi connectivity index (χ0) is 17.6. The summed E-state index contributed by atoms with van der Waals surface area (Å²) in [5, 5.41) is 12.6. The van der Waals surface area contributed by atoms with E-state index >= 15 is 0 Å². The summed E-state index contributed by atoms with van der Waals surface area (Å²) in [7, 11) is 0. The van der Waals surface area contributed by atoms with Crippen LogP contribution in [0.1, 0.15) is 18.6 Å². The number of carbonyl (C=O) groups is 1. The van der Waals surface area contributed by atoms with Crippen LogP contribution in [-0.4, -0.2) is 36.4 Å². The van der Waals surface area contributed by atoms with Gasteiger partial charge in [-0.3, -0.25) is 15.2 Å². The minimum absolute atomic E-state index is 0.0776. The molecular formula is C18H23N5O2. The molecule has 1 atom stereocenters. The van der Waals surface area contributed by atoms with Crippen molar-refractivity contribution in [3.63, 3.8) is 0 Å². The van der Waals surface area contributed by atoms with Crippen LogP contribution in [0.2, 0.25) is 0 Å². The van der Waals surface area contributed by atoms with Crippen molar-refractivity contribution >= 4 is 17.4 Å². The first-order valence-electron chi connectivity index (χ1n) is 8.37. The van der Waals surface area contributed by atoms with E-state index in [2.05, 4.69) is 22.9 Å². The van der Waals surface area contributed by atoms with E-state index in [1.807, 2.05) is 12.2 Å². The van der Waals surface area contributed by atoms with Gasteiger partial charge in [0.2, 0.25) is 5.91 Å². The van der Waals surface area contributed by atoms with E-state index < -0.39 is 0 Å². The Morgan fingerprint density at radius 3 is 3.08 bits per heavy atom. The summed E-state index contributed by atoms with van der Waals surface area (Å²) < 4.78 is 5.27. The molecule has 0 radical (unpaired) electrons. The number of rotatable bonds is 6. The van der Waals surface area contributed by atoms with E-state index in [0.717, 1.165) is 12.8 Å². The van der Waals surface area contributed by atoms with Gasteiger partial charge in [0.15, 0.2) is 0 Å². The second-order valence-corrected chi connectivity index (χ2v) is 6.09. The highest BCUT2D eigenvalue weighted by Gasteiger charge is 2.27. The molecule has 0 saturated carbocycles. The second kappa shape index (κ2) is 7.85. The fraction of sp³-hybridized carbons (Fsp3) is 0.333. The molecule has 7 heteroatoms. The van der Waals surface area contributed by atoms with Crippen LogP contribution in [0, 0.1) is 11.3 Å². The number of hydrazine groups is 1. The highest BCUT2D eigenvalue weighted by Crippen LogP contribution is 2.19. The molecule has 1 aliphatic carbocycles. The Morgan fingerprint density at radius 1 is 1.48 bits per heavy atom. The Bertz CT molecular complexity index is 718. The van der Waals surface area contributed by atoms with Crippen LogP contribution in [-0.2, 0) is 4.79 Å². The predicted molar refractivity (Wildman–Crippen MR) is 96.3 cm³/mol. The van der Waals surface area contributed by atoms with Gasteiger partial charge in [0.25, 0.3) is 0 Å². The molecule has 2 heterocycles. The lowest BCUT2D eigenvalue weighted by atomic mass is 9.97. The Hall–Kier alpha value is -2.80. The van der Waals surface area contributed by atoms with Crippen molar-refractivity contribution < 1.29 is 9.21 Å². The summed E-state index contributed by atoms with van der Waals surface area (Å²) in [6.45, 7) is 1.10. The van der Waals surface area contributed by atoms with E-state index in [-0.39, 0.29) is 18.3 Å². The number of allylic oxidation sites excluding steroid dienone is 4. The molecule has 132 valence electrons. The molecule has 1 aromatic rings. The summed E-state index contributed by atoms with van der Waals surface area (Å²) in [6, 6.07) is 3.50. The van der Waals surface area contributed by atoms with Gasteiger partial charge in [-0.1, -0.05) is 24.3 Å². The van der Waals surface area contributed by atoms with Crippen LogP contribution in [0.5, 0.6) is 0 Å². The molecule has 7 nitrogen and oxygen atoms in total. The quantitative estimate of drug-likeness (QED) is 0.625. The van der Waals surface area contributed by atoms with Crippen LogP contribution in [0.4, 0.5) is 0 Å². The highest BCUT2D eigenvalue weighted by molar-refractivity contribution is 6.05. The smallest absolute Gasteiger partial charge is 0.241 e. The van der Waals surface area contributed by atoms with Gasteiger partial charge in [0.1, 0.15) is 18.1 Å². The van der Waals surface area contributed by atoms with E-state index in [9.17, 15) is 4.79 Å².